The van der Waals surface area contributed by atoms with E-state index in [-0.39, 0.29) is 5.91 Å². The topological polar surface area (TPSA) is 70.1 Å². The van der Waals surface area contributed by atoms with Crippen molar-refractivity contribution in [1.29, 1.82) is 5.26 Å². The molecule has 1 amide bonds. The summed E-state index contributed by atoms with van der Waals surface area (Å²) in [6.45, 7) is 3.73. The first-order valence-corrected chi connectivity index (χ1v) is 6.68. The van der Waals surface area contributed by atoms with Gasteiger partial charge in [0.05, 0.1) is 11.6 Å². The van der Waals surface area contributed by atoms with Gasteiger partial charge in [-0.05, 0) is 37.9 Å². The second kappa shape index (κ2) is 8.28. The maximum atomic E-state index is 12.1. The van der Waals surface area contributed by atoms with Gasteiger partial charge in [0.15, 0.2) is 0 Å². The maximum absolute atomic E-state index is 12.1. The predicted octanol–water partition coefficient (Wildman–Crippen LogP) is 2.04. The Morgan fingerprint density at radius 1 is 1.37 bits per heavy atom. The average Bonchev–Trinajstić information content (AvgIpc) is 2.45. The van der Waals surface area contributed by atoms with Crippen molar-refractivity contribution in [1.82, 2.24) is 4.90 Å². The van der Waals surface area contributed by atoms with Crippen molar-refractivity contribution >= 4 is 5.91 Å². The number of rotatable bonds is 7. The third-order valence-corrected chi connectivity index (χ3v) is 3.08. The Labute approximate surface area is 114 Å². The van der Waals surface area contributed by atoms with Crippen LogP contribution in [0.25, 0.3) is 0 Å². The summed E-state index contributed by atoms with van der Waals surface area (Å²) in [5.74, 6) is 0.128. The molecule has 4 nitrogen and oxygen atoms in total. The molecular formula is C15H21N3O. The number of amides is 1. The van der Waals surface area contributed by atoms with E-state index in [2.05, 4.69) is 6.07 Å². The SMILES string of the molecule is CCN(Cc1ccccc1C#N)C(=O)CCCCN. The molecule has 0 radical (unpaired) electrons. The van der Waals surface area contributed by atoms with Crippen LogP contribution in [0.3, 0.4) is 0 Å². The summed E-state index contributed by atoms with van der Waals surface area (Å²) in [6.07, 6.45) is 2.23. The predicted molar refractivity (Wildman–Crippen MR) is 75.2 cm³/mol. The van der Waals surface area contributed by atoms with Crippen LogP contribution in [-0.2, 0) is 11.3 Å². The molecule has 0 heterocycles. The summed E-state index contributed by atoms with van der Waals surface area (Å²) in [4.78, 5) is 13.8. The Hall–Kier alpha value is -1.86. The summed E-state index contributed by atoms with van der Waals surface area (Å²) in [5.41, 5.74) is 6.96. The monoisotopic (exact) mass is 259 g/mol. The second-order valence-corrected chi connectivity index (χ2v) is 4.42. The first-order chi connectivity index (χ1) is 9.22. The van der Waals surface area contributed by atoms with Crippen LogP contribution in [0.5, 0.6) is 0 Å². The molecule has 19 heavy (non-hydrogen) atoms. The summed E-state index contributed by atoms with van der Waals surface area (Å²) >= 11 is 0. The fourth-order valence-electron chi connectivity index (χ4n) is 1.93. The highest BCUT2D eigenvalue weighted by molar-refractivity contribution is 5.76. The number of carbonyl (C=O) groups is 1. The molecule has 4 heteroatoms. The smallest absolute Gasteiger partial charge is 0.222 e. The zero-order valence-corrected chi connectivity index (χ0v) is 11.4. The molecule has 2 N–H and O–H groups in total. The van der Waals surface area contributed by atoms with Gasteiger partial charge >= 0.3 is 0 Å². The van der Waals surface area contributed by atoms with Crippen LogP contribution in [0, 0.1) is 11.3 Å². The second-order valence-electron chi connectivity index (χ2n) is 4.42. The molecular weight excluding hydrogens is 238 g/mol. The number of nitriles is 1. The third-order valence-electron chi connectivity index (χ3n) is 3.08. The van der Waals surface area contributed by atoms with Gasteiger partial charge in [0.25, 0.3) is 0 Å². The van der Waals surface area contributed by atoms with Gasteiger partial charge in [-0.3, -0.25) is 4.79 Å². The summed E-state index contributed by atoms with van der Waals surface area (Å²) in [5, 5.41) is 9.05. The summed E-state index contributed by atoms with van der Waals surface area (Å²) in [6, 6.07) is 9.57. The number of nitrogens with zero attached hydrogens (tertiary/aromatic N) is 2. The van der Waals surface area contributed by atoms with Gasteiger partial charge in [-0.1, -0.05) is 18.2 Å². The fourth-order valence-corrected chi connectivity index (χ4v) is 1.93. The molecule has 0 saturated carbocycles. The number of unbranched alkanes of at least 4 members (excludes halogenated alkanes) is 1. The number of hydrogen-bond donors (Lipinski definition) is 1. The Kier molecular flexibility index (Phi) is 6.62. The molecule has 0 atom stereocenters. The normalized spacial score (nSPS) is 9.95. The number of benzene rings is 1. The first-order valence-electron chi connectivity index (χ1n) is 6.68. The minimum Gasteiger partial charge on any atom is -0.339 e. The number of carbonyl (C=O) groups excluding carboxylic acids is 1. The van der Waals surface area contributed by atoms with E-state index in [1.54, 1.807) is 11.0 Å². The number of hydrogen-bond acceptors (Lipinski definition) is 3. The van der Waals surface area contributed by atoms with E-state index in [4.69, 9.17) is 11.0 Å². The molecule has 0 aliphatic heterocycles. The number of nitrogens with two attached hydrogens (primary N) is 1. The Morgan fingerprint density at radius 2 is 2.11 bits per heavy atom. The third kappa shape index (κ3) is 4.72. The van der Waals surface area contributed by atoms with Crippen LogP contribution in [-0.4, -0.2) is 23.9 Å². The van der Waals surface area contributed by atoms with E-state index in [0.29, 0.717) is 31.6 Å². The van der Waals surface area contributed by atoms with Crippen LogP contribution in [0.4, 0.5) is 0 Å². The highest BCUT2D eigenvalue weighted by Gasteiger charge is 2.13. The van der Waals surface area contributed by atoms with E-state index < -0.39 is 0 Å². The lowest BCUT2D eigenvalue weighted by Gasteiger charge is -2.21. The lowest BCUT2D eigenvalue weighted by molar-refractivity contribution is -0.131. The first kappa shape index (κ1) is 15.2. The van der Waals surface area contributed by atoms with Crippen molar-refractivity contribution in [2.24, 2.45) is 5.73 Å². The van der Waals surface area contributed by atoms with Crippen LogP contribution in [0.1, 0.15) is 37.3 Å². The van der Waals surface area contributed by atoms with Gasteiger partial charge in [0.1, 0.15) is 0 Å². The molecule has 1 rings (SSSR count). The molecule has 0 fully saturated rings. The van der Waals surface area contributed by atoms with E-state index in [0.717, 1.165) is 18.4 Å². The summed E-state index contributed by atoms with van der Waals surface area (Å²) < 4.78 is 0. The van der Waals surface area contributed by atoms with Gasteiger partial charge in [-0.15, -0.1) is 0 Å². The summed E-state index contributed by atoms with van der Waals surface area (Å²) in [7, 11) is 0. The van der Waals surface area contributed by atoms with Crippen molar-refractivity contribution < 1.29 is 4.79 Å². The molecule has 102 valence electrons. The maximum Gasteiger partial charge on any atom is 0.222 e. The Balaban J connectivity index is 2.66. The zero-order chi connectivity index (χ0) is 14.1. The fraction of sp³-hybridized carbons (Fsp3) is 0.467. The minimum absolute atomic E-state index is 0.128. The molecule has 0 saturated heterocycles. The van der Waals surface area contributed by atoms with Gasteiger partial charge in [-0.2, -0.15) is 5.26 Å². The standard InChI is InChI=1S/C15H21N3O/c1-2-18(15(19)9-5-6-10-16)12-14-8-4-3-7-13(14)11-17/h3-4,7-8H,2,5-6,9-10,12,16H2,1H3. The van der Waals surface area contributed by atoms with E-state index in [1.807, 2.05) is 25.1 Å². The highest BCUT2D eigenvalue weighted by Crippen LogP contribution is 2.12. The van der Waals surface area contributed by atoms with E-state index >= 15 is 0 Å². The van der Waals surface area contributed by atoms with Crippen LogP contribution in [0.2, 0.25) is 0 Å². The van der Waals surface area contributed by atoms with Crippen LogP contribution < -0.4 is 5.73 Å². The van der Waals surface area contributed by atoms with Crippen LogP contribution >= 0.6 is 0 Å². The Morgan fingerprint density at radius 3 is 2.74 bits per heavy atom. The largest absolute Gasteiger partial charge is 0.339 e. The lowest BCUT2D eigenvalue weighted by Crippen LogP contribution is -2.30. The molecule has 0 bridgehead atoms. The van der Waals surface area contributed by atoms with Gasteiger partial charge in [0, 0.05) is 19.5 Å². The van der Waals surface area contributed by atoms with Crippen molar-refractivity contribution in [3.8, 4) is 6.07 Å². The zero-order valence-electron chi connectivity index (χ0n) is 11.4. The van der Waals surface area contributed by atoms with Crippen molar-refractivity contribution in [3.63, 3.8) is 0 Å². The molecule has 1 aromatic carbocycles. The lowest BCUT2D eigenvalue weighted by atomic mass is 10.1. The highest BCUT2D eigenvalue weighted by atomic mass is 16.2. The molecule has 0 aliphatic rings. The molecule has 0 aromatic heterocycles. The molecule has 0 aliphatic carbocycles. The van der Waals surface area contributed by atoms with Crippen molar-refractivity contribution in [2.75, 3.05) is 13.1 Å². The van der Waals surface area contributed by atoms with Gasteiger partial charge < -0.3 is 10.6 Å². The Bertz CT molecular complexity index is 451. The van der Waals surface area contributed by atoms with Crippen molar-refractivity contribution in [3.05, 3.63) is 35.4 Å². The van der Waals surface area contributed by atoms with E-state index in [9.17, 15) is 4.79 Å². The van der Waals surface area contributed by atoms with E-state index in [1.165, 1.54) is 0 Å². The molecule has 0 spiro atoms. The molecule has 0 unspecified atom stereocenters. The minimum atomic E-state index is 0.128. The van der Waals surface area contributed by atoms with Crippen molar-refractivity contribution in [2.45, 2.75) is 32.7 Å². The average molecular weight is 259 g/mol. The van der Waals surface area contributed by atoms with Crippen LogP contribution in [0.15, 0.2) is 24.3 Å². The quantitative estimate of drug-likeness (QED) is 0.762. The van der Waals surface area contributed by atoms with Gasteiger partial charge in [0.2, 0.25) is 5.91 Å². The molecule has 1 aromatic rings. The van der Waals surface area contributed by atoms with Gasteiger partial charge in [-0.25, -0.2) is 0 Å².